The maximum Gasteiger partial charge on any atom is 0.309 e. The van der Waals surface area contributed by atoms with Crippen LogP contribution < -0.4 is 0 Å². The Morgan fingerprint density at radius 3 is 2.85 bits per heavy atom. The number of aromatic nitrogens is 4. The zero-order valence-corrected chi connectivity index (χ0v) is 14.4. The lowest BCUT2D eigenvalue weighted by atomic mass is 9.96. The van der Waals surface area contributed by atoms with Gasteiger partial charge in [0.25, 0.3) is 0 Å². The Bertz CT molecular complexity index is 952. The average molecular weight is 372 g/mol. The number of nitrogens with zero attached hydrogens (tertiary/aromatic N) is 2. The molecule has 0 aliphatic heterocycles. The minimum atomic E-state index is -0.697. The molecule has 27 heavy (non-hydrogen) atoms. The summed E-state index contributed by atoms with van der Waals surface area (Å²) in [4.78, 5) is 31.3. The molecule has 2 heterocycles. The number of phenolic OH excluding ortho intramolecular Hbond substituents is 1. The van der Waals surface area contributed by atoms with Crippen molar-refractivity contribution in [2.24, 2.45) is 5.92 Å². The molecule has 0 saturated carbocycles. The highest BCUT2D eigenvalue weighted by atomic mass is 19.1. The van der Waals surface area contributed by atoms with Crippen molar-refractivity contribution in [3.05, 3.63) is 54.0 Å². The Labute approximate surface area is 153 Å². The molecule has 8 nitrogen and oxygen atoms in total. The quantitative estimate of drug-likeness (QED) is 0.432. The molecule has 1 unspecified atom stereocenters. The highest BCUT2D eigenvalue weighted by Gasteiger charge is 2.25. The van der Waals surface area contributed by atoms with Gasteiger partial charge in [-0.15, -0.1) is 0 Å². The molecule has 0 fully saturated rings. The molecule has 9 heteroatoms. The normalized spacial score (nSPS) is 11.9. The van der Waals surface area contributed by atoms with Gasteiger partial charge in [-0.05, 0) is 24.3 Å². The second-order valence-electron chi connectivity index (χ2n) is 5.96. The number of imidazole rings is 1. The molecular formula is C18H17FN4O4. The van der Waals surface area contributed by atoms with Crippen LogP contribution in [0.15, 0.2) is 36.8 Å². The molecule has 0 amide bonds. The number of ketones is 1. The van der Waals surface area contributed by atoms with Crippen LogP contribution in [0.1, 0.15) is 22.6 Å². The Balaban J connectivity index is 1.77. The van der Waals surface area contributed by atoms with Crippen LogP contribution in [0.3, 0.4) is 0 Å². The molecule has 140 valence electrons. The number of methoxy groups -OCH3 is 1. The topological polar surface area (TPSA) is 121 Å². The minimum absolute atomic E-state index is 0.109. The van der Waals surface area contributed by atoms with Gasteiger partial charge in [0.1, 0.15) is 17.3 Å². The molecule has 2 aromatic heterocycles. The summed E-state index contributed by atoms with van der Waals surface area (Å²) in [6, 6.07) is 4.85. The van der Waals surface area contributed by atoms with Crippen LogP contribution >= 0.6 is 0 Å². The highest BCUT2D eigenvalue weighted by molar-refractivity contribution is 5.97. The Kier molecular flexibility index (Phi) is 5.30. The molecule has 1 aromatic carbocycles. The number of esters is 1. The van der Waals surface area contributed by atoms with Crippen LogP contribution in [-0.2, 0) is 16.0 Å². The van der Waals surface area contributed by atoms with E-state index in [1.807, 2.05) is 0 Å². The smallest absolute Gasteiger partial charge is 0.309 e. The first-order chi connectivity index (χ1) is 13.0. The number of carbonyl (C=O) groups excluding carboxylic acids is 2. The zero-order chi connectivity index (χ0) is 19.4. The van der Waals surface area contributed by atoms with Crippen LogP contribution in [0.25, 0.3) is 11.3 Å². The lowest BCUT2D eigenvalue weighted by Crippen LogP contribution is -2.22. The molecule has 0 bridgehead atoms. The largest absolute Gasteiger partial charge is 0.507 e. The standard InChI is InChI=1S/C18H17FN4O4/c1-27-18(26)10(4-12-8-20-9-21-12)5-17(25)15-7-14(22-23-15)13-6-11(19)2-3-16(13)24/h2-3,6-10,24H,4-5H2,1H3,(H,20,21)(H,22,23). The number of aromatic hydroxyl groups is 1. The third-order valence-corrected chi connectivity index (χ3v) is 4.10. The molecule has 1 atom stereocenters. The summed E-state index contributed by atoms with van der Waals surface area (Å²) in [6.07, 6.45) is 3.21. The van der Waals surface area contributed by atoms with E-state index in [0.29, 0.717) is 5.69 Å². The van der Waals surface area contributed by atoms with Crippen molar-refractivity contribution in [2.45, 2.75) is 12.8 Å². The summed E-state index contributed by atoms with van der Waals surface area (Å²) in [5, 5.41) is 16.4. The van der Waals surface area contributed by atoms with Crippen LogP contribution in [0.2, 0.25) is 0 Å². The number of H-pyrrole nitrogens is 2. The average Bonchev–Trinajstić information content (AvgIpc) is 3.34. The number of halogens is 1. The molecule has 0 aliphatic carbocycles. The van der Waals surface area contributed by atoms with Crippen molar-refractivity contribution in [1.29, 1.82) is 0 Å². The summed E-state index contributed by atoms with van der Waals surface area (Å²) < 4.78 is 18.2. The first-order valence-electron chi connectivity index (χ1n) is 8.10. The number of carbonyl (C=O) groups is 2. The van der Waals surface area contributed by atoms with Gasteiger partial charge in [-0.25, -0.2) is 9.37 Å². The second-order valence-corrected chi connectivity index (χ2v) is 5.96. The van der Waals surface area contributed by atoms with E-state index in [0.717, 1.165) is 12.1 Å². The third-order valence-electron chi connectivity index (χ3n) is 4.10. The van der Waals surface area contributed by atoms with Crippen molar-refractivity contribution in [3.8, 4) is 17.0 Å². The van der Waals surface area contributed by atoms with Crippen LogP contribution in [0, 0.1) is 11.7 Å². The highest BCUT2D eigenvalue weighted by Crippen LogP contribution is 2.29. The van der Waals surface area contributed by atoms with Gasteiger partial charge < -0.3 is 14.8 Å². The summed E-state index contributed by atoms with van der Waals surface area (Å²) in [5.74, 6) is -2.27. The fourth-order valence-corrected chi connectivity index (χ4v) is 2.72. The number of ether oxygens (including phenoxy) is 1. The number of Topliss-reactive ketones (excluding diaryl/α,β-unsaturated/α-hetero) is 1. The van der Waals surface area contributed by atoms with E-state index in [1.54, 1.807) is 6.20 Å². The monoisotopic (exact) mass is 372 g/mol. The first kappa shape index (κ1) is 18.3. The van der Waals surface area contributed by atoms with Crippen molar-refractivity contribution < 1.29 is 23.8 Å². The minimum Gasteiger partial charge on any atom is -0.507 e. The van der Waals surface area contributed by atoms with Crippen molar-refractivity contribution in [1.82, 2.24) is 20.2 Å². The van der Waals surface area contributed by atoms with E-state index >= 15 is 0 Å². The predicted molar refractivity (Wildman–Crippen MR) is 92.4 cm³/mol. The molecule has 0 aliphatic rings. The molecule has 3 aromatic rings. The fraction of sp³-hybridized carbons (Fsp3) is 0.222. The van der Waals surface area contributed by atoms with Gasteiger partial charge in [0.05, 0.1) is 25.0 Å². The molecule has 0 saturated heterocycles. The first-order valence-corrected chi connectivity index (χ1v) is 8.10. The van der Waals surface area contributed by atoms with Gasteiger partial charge >= 0.3 is 5.97 Å². The number of nitrogens with one attached hydrogen (secondary N) is 2. The van der Waals surface area contributed by atoms with E-state index in [2.05, 4.69) is 20.2 Å². The van der Waals surface area contributed by atoms with Crippen LogP contribution in [-0.4, -0.2) is 44.1 Å². The Morgan fingerprint density at radius 2 is 2.15 bits per heavy atom. The number of hydrogen-bond acceptors (Lipinski definition) is 6. The lowest BCUT2D eigenvalue weighted by Gasteiger charge is -2.12. The summed E-state index contributed by atoms with van der Waals surface area (Å²) in [5.41, 5.74) is 1.23. The number of aromatic amines is 2. The van der Waals surface area contributed by atoms with E-state index in [4.69, 9.17) is 4.74 Å². The fourth-order valence-electron chi connectivity index (χ4n) is 2.72. The summed E-state index contributed by atoms with van der Waals surface area (Å²) in [7, 11) is 1.26. The van der Waals surface area contributed by atoms with Crippen molar-refractivity contribution in [3.63, 3.8) is 0 Å². The lowest BCUT2D eigenvalue weighted by molar-refractivity contribution is -0.145. The number of rotatable bonds is 7. The van der Waals surface area contributed by atoms with E-state index in [1.165, 1.54) is 25.6 Å². The van der Waals surface area contributed by atoms with Crippen LogP contribution in [0.5, 0.6) is 5.75 Å². The van der Waals surface area contributed by atoms with E-state index in [9.17, 15) is 19.1 Å². The van der Waals surface area contributed by atoms with Gasteiger partial charge in [0.15, 0.2) is 5.78 Å². The summed E-state index contributed by atoms with van der Waals surface area (Å²) >= 11 is 0. The SMILES string of the molecule is COC(=O)C(CC(=O)c1cc(-c2cc(F)ccc2O)n[nH]1)Cc1cnc[nH]1. The molecular weight excluding hydrogens is 355 g/mol. The van der Waals surface area contributed by atoms with Gasteiger partial charge in [-0.1, -0.05) is 0 Å². The summed E-state index contributed by atoms with van der Waals surface area (Å²) in [6.45, 7) is 0. The number of hydrogen-bond donors (Lipinski definition) is 3. The van der Waals surface area contributed by atoms with E-state index < -0.39 is 17.7 Å². The predicted octanol–water partition coefficient (Wildman–Crippen LogP) is 2.25. The molecule has 0 radical (unpaired) electrons. The maximum absolute atomic E-state index is 13.4. The Morgan fingerprint density at radius 1 is 1.33 bits per heavy atom. The van der Waals surface area contributed by atoms with Gasteiger partial charge in [-0.3, -0.25) is 14.7 Å². The van der Waals surface area contributed by atoms with Gasteiger partial charge in [0, 0.05) is 30.3 Å². The third kappa shape index (κ3) is 4.20. The second kappa shape index (κ2) is 7.81. The molecule has 3 rings (SSSR count). The number of benzene rings is 1. The molecule has 3 N–H and O–H groups in total. The van der Waals surface area contributed by atoms with Crippen molar-refractivity contribution >= 4 is 11.8 Å². The zero-order valence-electron chi connectivity index (χ0n) is 14.4. The van der Waals surface area contributed by atoms with Crippen LogP contribution in [0.4, 0.5) is 4.39 Å². The van der Waals surface area contributed by atoms with Crippen molar-refractivity contribution in [2.75, 3.05) is 7.11 Å². The molecule has 0 spiro atoms. The van der Waals surface area contributed by atoms with Gasteiger partial charge in [-0.2, -0.15) is 5.10 Å². The number of phenols is 1. The Hall–Kier alpha value is -3.49. The van der Waals surface area contributed by atoms with Gasteiger partial charge in [0.2, 0.25) is 0 Å². The maximum atomic E-state index is 13.4. The van der Waals surface area contributed by atoms with E-state index in [-0.39, 0.29) is 41.3 Å².